The Kier molecular flexibility index (Phi) is 3.97. The van der Waals surface area contributed by atoms with Gasteiger partial charge in [0.25, 0.3) is 0 Å². The quantitative estimate of drug-likeness (QED) is 0.916. The molecule has 4 nitrogen and oxygen atoms in total. The van der Waals surface area contributed by atoms with Crippen molar-refractivity contribution in [3.05, 3.63) is 41.5 Å². The summed E-state index contributed by atoms with van der Waals surface area (Å²) in [5.74, 6) is 1.23. The second kappa shape index (κ2) is 5.90. The average Bonchev–Trinajstić information content (AvgIpc) is 3.29. The monoisotopic (exact) mass is 282 g/mol. The Morgan fingerprint density at radius 1 is 1.14 bits per heavy atom. The average molecular weight is 282 g/mol. The lowest BCUT2D eigenvalue weighted by atomic mass is 9.97. The smallest absolute Gasteiger partial charge is 0.159 e. The van der Waals surface area contributed by atoms with Crippen LogP contribution in [0.15, 0.2) is 24.5 Å². The maximum Gasteiger partial charge on any atom is 0.159 e. The van der Waals surface area contributed by atoms with E-state index in [0.717, 1.165) is 35.4 Å². The molecule has 0 aromatic carbocycles. The second-order valence-electron chi connectivity index (χ2n) is 5.95. The van der Waals surface area contributed by atoms with Crippen molar-refractivity contribution in [2.45, 2.75) is 45.6 Å². The zero-order valence-corrected chi connectivity index (χ0v) is 12.9. The highest BCUT2D eigenvalue weighted by Gasteiger charge is 2.22. The number of nitrogens with one attached hydrogen (secondary N) is 1. The van der Waals surface area contributed by atoms with Gasteiger partial charge in [0.15, 0.2) is 5.82 Å². The molecule has 21 heavy (non-hydrogen) atoms. The molecule has 1 saturated carbocycles. The first-order chi connectivity index (χ1) is 10.1. The van der Waals surface area contributed by atoms with E-state index in [2.05, 4.69) is 31.1 Å². The fourth-order valence-electron chi connectivity index (χ4n) is 2.80. The number of aromatic nitrogens is 3. The van der Waals surface area contributed by atoms with Crippen LogP contribution in [0.2, 0.25) is 0 Å². The molecule has 3 rings (SSSR count). The molecule has 2 aromatic rings. The summed E-state index contributed by atoms with van der Waals surface area (Å²) in [6, 6.07) is 4.64. The first-order valence-electron chi connectivity index (χ1n) is 7.64. The predicted octanol–water partition coefficient (Wildman–Crippen LogP) is 3.01. The molecule has 1 N–H and O–H groups in total. The fraction of sp³-hybridized carbons (Fsp3) is 0.471. The van der Waals surface area contributed by atoms with Gasteiger partial charge in [-0.25, -0.2) is 9.97 Å². The van der Waals surface area contributed by atoms with E-state index in [9.17, 15) is 0 Å². The Hall–Kier alpha value is -1.81. The Labute approximate surface area is 126 Å². The number of nitrogens with zero attached hydrogens (tertiary/aromatic N) is 3. The van der Waals surface area contributed by atoms with Crippen LogP contribution in [-0.4, -0.2) is 27.5 Å². The molecule has 0 bridgehead atoms. The Morgan fingerprint density at radius 2 is 1.76 bits per heavy atom. The fourth-order valence-corrected chi connectivity index (χ4v) is 2.80. The summed E-state index contributed by atoms with van der Waals surface area (Å²) >= 11 is 0. The molecule has 1 fully saturated rings. The maximum atomic E-state index is 4.70. The summed E-state index contributed by atoms with van der Waals surface area (Å²) in [5.41, 5.74) is 4.46. The lowest BCUT2D eigenvalue weighted by Gasteiger charge is -2.18. The number of rotatable bonds is 5. The zero-order valence-electron chi connectivity index (χ0n) is 12.9. The maximum absolute atomic E-state index is 4.70. The first kappa shape index (κ1) is 14.1. The molecule has 1 aliphatic rings. The van der Waals surface area contributed by atoms with Crippen LogP contribution in [-0.2, 0) is 0 Å². The molecule has 1 unspecified atom stereocenters. The zero-order chi connectivity index (χ0) is 14.8. The molecule has 0 spiro atoms. The molecule has 2 heterocycles. The standard InChI is InChI=1S/C17H22N4/c1-11(10-19-15-4-5-15)16-12(2)20-17(21-13(16)3)14-6-8-18-9-7-14/h6-9,11,15,19H,4-5,10H2,1-3H3. The largest absolute Gasteiger partial charge is 0.313 e. The third-order valence-electron chi connectivity index (χ3n) is 4.05. The summed E-state index contributed by atoms with van der Waals surface area (Å²) in [4.78, 5) is 13.4. The predicted molar refractivity (Wildman–Crippen MR) is 84.2 cm³/mol. The van der Waals surface area contributed by atoms with Crippen molar-refractivity contribution >= 4 is 0 Å². The van der Waals surface area contributed by atoms with Crippen LogP contribution >= 0.6 is 0 Å². The van der Waals surface area contributed by atoms with Gasteiger partial charge in [-0.3, -0.25) is 4.98 Å². The van der Waals surface area contributed by atoms with Gasteiger partial charge in [0, 0.05) is 41.9 Å². The molecule has 0 amide bonds. The third-order valence-corrected chi connectivity index (χ3v) is 4.05. The van der Waals surface area contributed by atoms with Gasteiger partial charge in [0.2, 0.25) is 0 Å². The van der Waals surface area contributed by atoms with Gasteiger partial charge in [-0.2, -0.15) is 0 Å². The van der Waals surface area contributed by atoms with Gasteiger partial charge in [-0.1, -0.05) is 6.92 Å². The summed E-state index contributed by atoms with van der Waals surface area (Å²) < 4.78 is 0. The van der Waals surface area contributed by atoms with Crippen molar-refractivity contribution in [3.63, 3.8) is 0 Å². The lowest BCUT2D eigenvalue weighted by molar-refractivity contribution is 0.603. The van der Waals surface area contributed by atoms with E-state index in [1.165, 1.54) is 18.4 Å². The summed E-state index contributed by atoms with van der Waals surface area (Å²) in [7, 11) is 0. The van der Waals surface area contributed by atoms with E-state index >= 15 is 0 Å². The summed E-state index contributed by atoms with van der Waals surface area (Å²) in [5, 5.41) is 3.59. The molecular weight excluding hydrogens is 260 g/mol. The number of aryl methyl sites for hydroxylation is 2. The van der Waals surface area contributed by atoms with Gasteiger partial charge in [0.1, 0.15) is 0 Å². The van der Waals surface area contributed by atoms with Crippen LogP contribution in [0.3, 0.4) is 0 Å². The van der Waals surface area contributed by atoms with Crippen molar-refractivity contribution in [3.8, 4) is 11.4 Å². The van der Waals surface area contributed by atoms with Gasteiger partial charge >= 0.3 is 0 Å². The van der Waals surface area contributed by atoms with E-state index < -0.39 is 0 Å². The lowest BCUT2D eigenvalue weighted by Crippen LogP contribution is -2.23. The molecular formula is C17H22N4. The minimum atomic E-state index is 0.442. The van der Waals surface area contributed by atoms with Crippen LogP contribution in [0, 0.1) is 13.8 Å². The highest BCUT2D eigenvalue weighted by Crippen LogP contribution is 2.25. The SMILES string of the molecule is Cc1nc(-c2ccncc2)nc(C)c1C(C)CNC1CC1. The van der Waals surface area contributed by atoms with Gasteiger partial charge in [0.05, 0.1) is 0 Å². The van der Waals surface area contributed by atoms with Crippen LogP contribution in [0.4, 0.5) is 0 Å². The minimum absolute atomic E-state index is 0.442. The van der Waals surface area contributed by atoms with E-state index in [1.807, 2.05) is 12.1 Å². The third kappa shape index (κ3) is 3.27. The molecule has 2 aromatic heterocycles. The van der Waals surface area contributed by atoms with Crippen molar-refractivity contribution in [1.29, 1.82) is 0 Å². The van der Waals surface area contributed by atoms with Crippen LogP contribution in [0.25, 0.3) is 11.4 Å². The van der Waals surface area contributed by atoms with Crippen molar-refractivity contribution in [1.82, 2.24) is 20.3 Å². The Bertz CT molecular complexity index is 597. The van der Waals surface area contributed by atoms with E-state index in [4.69, 9.17) is 9.97 Å². The van der Waals surface area contributed by atoms with Gasteiger partial charge in [-0.05, 0) is 50.3 Å². The molecule has 0 radical (unpaired) electrons. The summed E-state index contributed by atoms with van der Waals surface area (Å²) in [6.45, 7) is 7.43. The van der Waals surface area contributed by atoms with E-state index in [0.29, 0.717) is 5.92 Å². The molecule has 4 heteroatoms. The van der Waals surface area contributed by atoms with Crippen LogP contribution in [0.1, 0.15) is 42.6 Å². The molecule has 0 aliphatic heterocycles. The molecule has 1 aliphatic carbocycles. The van der Waals surface area contributed by atoms with Crippen molar-refractivity contribution in [2.75, 3.05) is 6.54 Å². The normalized spacial score (nSPS) is 16.0. The molecule has 0 saturated heterocycles. The minimum Gasteiger partial charge on any atom is -0.313 e. The van der Waals surface area contributed by atoms with E-state index in [1.54, 1.807) is 12.4 Å². The number of pyridine rings is 1. The highest BCUT2D eigenvalue weighted by atomic mass is 15.0. The number of hydrogen-bond acceptors (Lipinski definition) is 4. The van der Waals surface area contributed by atoms with Gasteiger partial charge in [-0.15, -0.1) is 0 Å². The van der Waals surface area contributed by atoms with Gasteiger partial charge < -0.3 is 5.32 Å². The van der Waals surface area contributed by atoms with Crippen LogP contribution < -0.4 is 5.32 Å². The first-order valence-corrected chi connectivity index (χ1v) is 7.64. The Morgan fingerprint density at radius 3 is 2.33 bits per heavy atom. The van der Waals surface area contributed by atoms with Crippen molar-refractivity contribution in [2.24, 2.45) is 0 Å². The molecule has 110 valence electrons. The van der Waals surface area contributed by atoms with Crippen molar-refractivity contribution < 1.29 is 0 Å². The van der Waals surface area contributed by atoms with Crippen LogP contribution in [0.5, 0.6) is 0 Å². The summed E-state index contributed by atoms with van der Waals surface area (Å²) in [6.07, 6.45) is 6.20. The Balaban J connectivity index is 1.85. The number of hydrogen-bond donors (Lipinski definition) is 1. The highest BCUT2D eigenvalue weighted by molar-refractivity contribution is 5.54. The topological polar surface area (TPSA) is 50.7 Å². The van der Waals surface area contributed by atoms with E-state index in [-0.39, 0.29) is 0 Å². The second-order valence-corrected chi connectivity index (χ2v) is 5.95. The molecule has 1 atom stereocenters.